The van der Waals surface area contributed by atoms with Crippen LogP contribution in [0.3, 0.4) is 0 Å². The van der Waals surface area contributed by atoms with Gasteiger partial charge in [0.25, 0.3) is 0 Å². The Kier molecular flexibility index (Phi) is 6.72. The maximum atomic E-state index is 11.2. The van der Waals surface area contributed by atoms with Crippen molar-refractivity contribution in [1.82, 2.24) is 15.4 Å². The molecule has 0 saturated heterocycles. The third-order valence-corrected chi connectivity index (χ3v) is 2.99. The van der Waals surface area contributed by atoms with Crippen molar-refractivity contribution in [3.8, 4) is 11.5 Å². The summed E-state index contributed by atoms with van der Waals surface area (Å²) in [5.74, 6) is -2.32. The molecule has 0 fully saturated rings. The van der Waals surface area contributed by atoms with Crippen molar-refractivity contribution in [3.05, 3.63) is 34.6 Å². The molecule has 1 aromatic carbocycles. The molecule has 0 unspecified atom stereocenters. The Morgan fingerprint density at radius 2 is 1.92 bits per heavy atom. The largest absolute Gasteiger partial charge is 0.492 e. The number of benzene rings is 1. The first-order valence-corrected chi connectivity index (χ1v) is 6.97. The Morgan fingerprint density at radius 1 is 1.25 bits per heavy atom. The van der Waals surface area contributed by atoms with Crippen LogP contribution in [0.1, 0.15) is 38.9 Å². The number of carboxylic acids is 2. The number of aromatic carboxylic acids is 2. The van der Waals surface area contributed by atoms with Crippen molar-refractivity contribution in [3.63, 3.8) is 0 Å². The van der Waals surface area contributed by atoms with Crippen LogP contribution in [0.5, 0.6) is 11.5 Å². The summed E-state index contributed by atoms with van der Waals surface area (Å²) in [5.41, 5.74) is 0.753. The lowest BCUT2D eigenvalue weighted by Crippen LogP contribution is -2.11. The summed E-state index contributed by atoms with van der Waals surface area (Å²) >= 11 is 0. The lowest BCUT2D eigenvalue weighted by atomic mass is 10.0. The smallest absolute Gasteiger partial charge is 0.339 e. The monoisotopic (exact) mass is 337 g/mol. The maximum absolute atomic E-state index is 11.2. The molecular formula is C15H19N3O6. The number of carboxylic acid groups (broad SMARTS) is 2. The Hall–Kier alpha value is -3.10. The number of aromatic nitrogens is 3. The predicted octanol–water partition coefficient (Wildman–Crippen LogP) is 1.91. The summed E-state index contributed by atoms with van der Waals surface area (Å²) in [7, 11) is 1.31. The summed E-state index contributed by atoms with van der Waals surface area (Å²) in [6.07, 6.45) is 1.74. The van der Waals surface area contributed by atoms with Crippen LogP contribution in [0.4, 0.5) is 0 Å². The molecule has 3 N–H and O–H groups in total. The van der Waals surface area contributed by atoms with E-state index in [0.717, 1.165) is 5.69 Å². The van der Waals surface area contributed by atoms with Gasteiger partial charge in [-0.2, -0.15) is 0 Å². The lowest BCUT2D eigenvalue weighted by Gasteiger charge is -2.15. The Balaban J connectivity index is 0.000000400. The van der Waals surface area contributed by atoms with Crippen molar-refractivity contribution < 1.29 is 29.3 Å². The molecule has 2 aromatic rings. The third kappa shape index (κ3) is 4.45. The molecule has 24 heavy (non-hydrogen) atoms. The van der Waals surface area contributed by atoms with Crippen molar-refractivity contribution in [2.75, 3.05) is 13.7 Å². The number of nitrogens with one attached hydrogen (secondary N) is 1. The topological polar surface area (TPSA) is 135 Å². The fourth-order valence-electron chi connectivity index (χ4n) is 1.94. The molecule has 0 bridgehead atoms. The van der Waals surface area contributed by atoms with Crippen LogP contribution in [0.2, 0.25) is 0 Å². The van der Waals surface area contributed by atoms with Crippen molar-refractivity contribution in [2.24, 2.45) is 0 Å². The highest BCUT2D eigenvalue weighted by molar-refractivity contribution is 5.99. The zero-order chi connectivity index (χ0) is 18.3. The SMILES string of the molecule is CCOc1cc(C(=O)O)c(C)c(C(=O)O)c1OC.Cc1c[nH]nn1. The third-order valence-electron chi connectivity index (χ3n) is 2.99. The highest BCUT2D eigenvalue weighted by atomic mass is 16.5. The Labute approximate surface area is 138 Å². The molecular weight excluding hydrogens is 318 g/mol. The van der Waals surface area contributed by atoms with Gasteiger partial charge in [-0.05, 0) is 32.4 Å². The number of hydrogen-bond donors (Lipinski definition) is 3. The quantitative estimate of drug-likeness (QED) is 0.753. The van der Waals surface area contributed by atoms with Crippen LogP contribution in [-0.4, -0.2) is 51.3 Å². The normalized spacial score (nSPS) is 9.67. The summed E-state index contributed by atoms with van der Waals surface area (Å²) in [6, 6.07) is 1.27. The number of methoxy groups -OCH3 is 1. The van der Waals surface area contributed by atoms with Crippen molar-refractivity contribution >= 4 is 11.9 Å². The standard InChI is InChI=1S/C12H14O6.C3H5N3/c1-4-18-8-5-7(11(13)14)6(2)9(12(15)16)10(8)17-3;1-3-2-4-6-5-3/h5H,4H2,1-3H3,(H,13,14)(H,15,16);2H,1H3,(H,4,5,6). The summed E-state index contributed by atoms with van der Waals surface area (Å²) in [6.45, 7) is 5.28. The van der Waals surface area contributed by atoms with Gasteiger partial charge in [-0.3, -0.25) is 5.10 Å². The Morgan fingerprint density at radius 3 is 2.25 bits per heavy atom. The van der Waals surface area contributed by atoms with Gasteiger partial charge in [-0.1, -0.05) is 5.21 Å². The van der Waals surface area contributed by atoms with Crippen LogP contribution >= 0.6 is 0 Å². The van der Waals surface area contributed by atoms with E-state index >= 15 is 0 Å². The van der Waals surface area contributed by atoms with E-state index in [0.29, 0.717) is 0 Å². The first-order valence-electron chi connectivity index (χ1n) is 6.97. The number of hydrogen-bond acceptors (Lipinski definition) is 6. The average Bonchev–Trinajstić information content (AvgIpc) is 2.99. The molecule has 130 valence electrons. The first-order chi connectivity index (χ1) is 11.3. The van der Waals surface area contributed by atoms with Gasteiger partial charge in [-0.15, -0.1) is 5.10 Å². The highest BCUT2D eigenvalue weighted by Crippen LogP contribution is 2.36. The van der Waals surface area contributed by atoms with E-state index in [-0.39, 0.29) is 34.8 Å². The molecule has 9 nitrogen and oxygen atoms in total. The second-order valence-electron chi connectivity index (χ2n) is 4.61. The minimum absolute atomic E-state index is 0.0341. The van der Waals surface area contributed by atoms with Crippen LogP contribution in [0, 0.1) is 13.8 Å². The van der Waals surface area contributed by atoms with Crippen molar-refractivity contribution in [1.29, 1.82) is 0 Å². The van der Waals surface area contributed by atoms with Gasteiger partial charge >= 0.3 is 11.9 Å². The number of carbonyl (C=O) groups is 2. The fourth-order valence-corrected chi connectivity index (χ4v) is 1.94. The molecule has 0 aliphatic carbocycles. The molecule has 0 amide bonds. The molecule has 9 heteroatoms. The van der Waals surface area contributed by atoms with Gasteiger partial charge in [0.05, 0.1) is 25.0 Å². The molecule has 0 spiro atoms. The second kappa shape index (κ2) is 8.51. The Bertz CT molecular complexity index is 712. The van der Waals surface area contributed by atoms with E-state index < -0.39 is 11.9 Å². The summed E-state index contributed by atoms with van der Waals surface area (Å²) in [4.78, 5) is 22.3. The lowest BCUT2D eigenvalue weighted by molar-refractivity contribution is 0.0691. The van der Waals surface area contributed by atoms with Gasteiger partial charge in [0.1, 0.15) is 5.56 Å². The molecule has 0 saturated carbocycles. The molecule has 0 aliphatic rings. The van der Waals surface area contributed by atoms with Crippen molar-refractivity contribution in [2.45, 2.75) is 20.8 Å². The van der Waals surface area contributed by atoms with E-state index in [1.165, 1.54) is 20.1 Å². The predicted molar refractivity (Wildman–Crippen MR) is 83.9 cm³/mol. The minimum Gasteiger partial charge on any atom is -0.492 e. The van der Waals surface area contributed by atoms with Gasteiger partial charge in [-0.25, -0.2) is 9.59 Å². The highest BCUT2D eigenvalue weighted by Gasteiger charge is 2.24. The molecule has 1 aromatic heterocycles. The van der Waals surface area contributed by atoms with E-state index in [2.05, 4.69) is 15.4 Å². The van der Waals surface area contributed by atoms with Crippen LogP contribution < -0.4 is 9.47 Å². The number of H-pyrrole nitrogens is 1. The van der Waals surface area contributed by atoms with E-state index in [9.17, 15) is 9.59 Å². The van der Waals surface area contributed by atoms with Gasteiger partial charge in [0, 0.05) is 6.20 Å². The van der Waals surface area contributed by atoms with E-state index in [4.69, 9.17) is 19.7 Å². The minimum atomic E-state index is -1.26. The molecule has 0 radical (unpaired) electrons. The number of aromatic amines is 1. The first kappa shape index (κ1) is 18.9. The number of ether oxygens (including phenoxy) is 2. The van der Waals surface area contributed by atoms with Crippen LogP contribution in [0.15, 0.2) is 12.3 Å². The summed E-state index contributed by atoms with van der Waals surface area (Å²) < 4.78 is 10.2. The zero-order valence-electron chi connectivity index (χ0n) is 13.8. The maximum Gasteiger partial charge on any atom is 0.339 e. The van der Waals surface area contributed by atoms with Crippen LogP contribution in [0.25, 0.3) is 0 Å². The average molecular weight is 337 g/mol. The molecule has 2 rings (SSSR count). The summed E-state index contributed by atoms with van der Waals surface area (Å²) in [5, 5.41) is 27.8. The van der Waals surface area contributed by atoms with E-state index in [1.54, 1.807) is 13.1 Å². The molecule has 0 aliphatic heterocycles. The number of nitrogens with zero attached hydrogens (tertiary/aromatic N) is 2. The molecule has 0 atom stereocenters. The fraction of sp³-hybridized carbons (Fsp3) is 0.333. The van der Waals surface area contributed by atoms with E-state index in [1.807, 2.05) is 6.92 Å². The second-order valence-corrected chi connectivity index (χ2v) is 4.61. The zero-order valence-corrected chi connectivity index (χ0v) is 13.8. The number of aryl methyl sites for hydroxylation is 1. The van der Waals surface area contributed by atoms with Crippen LogP contribution in [-0.2, 0) is 0 Å². The van der Waals surface area contributed by atoms with Gasteiger partial charge in [0.2, 0.25) is 0 Å². The van der Waals surface area contributed by atoms with Gasteiger partial charge in [0.15, 0.2) is 11.5 Å². The van der Waals surface area contributed by atoms with Gasteiger partial charge < -0.3 is 19.7 Å². The number of rotatable bonds is 5. The molecule has 1 heterocycles.